The van der Waals surface area contributed by atoms with Crippen molar-refractivity contribution >= 4 is 33.4 Å². The third-order valence-corrected chi connectivity index (χ3v) is 7.56. The fourth-order valence-corrected chi connectivity index (χ4v) is 5.10. The summed E-state index contributed by atoms with van der Waals surface area (Å²) in [6.45, 7) is 8.23. The lowest BCUT2D eigenvalue weighted by atomic mass is 10.2. The number of amides is 1. The molecule has 176 valence electrons. The topological polar surface area (TPSA) is 84.9 Å². The van der Waals surface area contributed by atoms with Crippen LogP contribution in [0.3, 0.4) is 0 Å². The molecule has 7 nitrogen and oxygen atoms in total. The van der Waals surface area contributed by atoms with Gasteiger partial charge in [0.05, 0.1) is 24.8 Å². The fourth-order valence-electron chi connectivity index (χ4n) is 2.86. The standard InChI is InChI=1S/C23H32N2O5S2/c1-17-7-10-19(11-8-17)32(27,28)25(16-22(26)24-13-14-31-23(2,3)4)20-15-18(29-5)9-12-21(20)30-6/h7-12,15H,13-14,16H2,1-6H3,(H,24,26). The average Bonchev–Trinajstić information content (AvgIpc) is 2.74. The highest BCUT2D eigenvalue weighted by atomic mass is 32.2. The number of nitrogens with one attached hydrogen (secondary N) is 1. The number of ether oxygens (including phenoxy) is 2. The molecule has 32 heavy (non-hydrogen) atoms. The summed E-state index contributed by atoms with van der Waals surface area (Å²) in [5.41, 5.74) is 1.16. The van der Waals surface area contributed by atoms with Crippen LogP contribution >= 0.6 is 11.8 Å². The Kier molecular flexibility index (Phi) is 8.86. The second-order valence-corrected chi connectivity index (χ2v) is 12.0. The van der Waals surface area contributed by atoms with Crippen LogP contribution in [-0.4, -0.2) is 52.1 Å². The molecule has 0 fully saturated rings. The molecule has 0 saturated carbocycles. The number of sulfonamides is 1. The first-order valence-corrected chi connectivity index (χ1v) is 12.6. The Morgan fingerprint density at radius 1 is 1.06 bits per heavy atom. The third-order valence-electron chi connectivity index (χ3n) is 4.51. The minimum Gasteiger partial charge on any atom is -0.497 e. The maximum Gasteiger partial charge on any atom is 0.264 e. The predicted octanol–water partition coefficient (Wildman–Crippen LogP) is 3.86. The molecule has 0 saturated heterocycles. The number of carbonyl (C=O) groups is 1. The third kappa shape index (κ3) is 7.06. The Balaban J connectivity index is 2.38. The largest absolute Gasteiger partial charge is 0.497 e. The number of carbonyl (C=O) groups excluding carboxylic acids is 1. The normalized spacial score (nSPS) is 11.7. The number of anilines is 1. The van der Waals surface area contributed by atoms with E-state index in [9.17, 15) is 13.2 Å². The van der Waals surface area contributed by atoms with Gasteiger partial charge in [-0.1, -0.05) is 38.5 Å². The molecule has 0 aromatic heterocycles. The minimum atomic E-state index is -4.05. The van der Waals surface area contributed by atoms with Crippen molar-refractivity contribution < 1.29 is 22.7 Å². The molecule has 0 atom stereocenters. The number of nitrogens with zero attached hydrogens (tertiary/aromatic N) is 1. The molecule has 0 aliphatic heterocycles. The van der Waals surface area contributed by atoms with Gasteiger partial charge in [0.2, 0.25) is 5.91 Å². The number of hydrogen-bond acceptors (Lipinski definition) is 6. The number of aryl methyl sites for hydroxylation is 1. The Morgan fingerprint density at radius 3 is 2.28 bits per heavy atom. The lowest BCUT2D eigenvalue weighted by molar-refractivity contribution is -0.119. The SMILES string of the molecule is COc1ccc(OC)c(N(CC(=O)NCCSC(C)(C)C)S(=O)(=O)c2ccc(C)cc2)c1. The van der Waals surface area contributed by atoms with E-state index >= 15 is 0 Å². The van der Waals surface area contributed by atoms with Crippen LogP contribution in [0, 0.1) is 6.92 Å². The molecule has 0 aliphatic carbocycles. The first-order valence-electron chi connectivity index (χ1n) is 10.2. The highest BCUT2D eigenvalue weighted by Gasteiger charge is 2.30. The molecule has 2 aromatic rings. The first-order chi connectivity index (χ1) is 15.0. The Hall–Kier alpha value is -2.39. The second-order valence-electron chi connectivity index (χ2n) is 8.17. The molecule has 2 rings (SSSR count). The van der Waals surface area contributed by atoms with Gasteiger partial charge in [-0.25, -0.2) is 8.42 Å². The van der Waals surface area contributed by atoms with Gasteiger partial charge in [-0.05, 0) is 31.2 Å². The number of benzene rings is 2. The molecule has 0 heterocycles. The van der Waals surface area contributed by atoms with Crippen LogP contribution < -0.4 is 19.1 Å². The Bertz CT molecular complexity index is 1020. The van der Waals surface area contributed by atoms with Crippen LogP contribution in [0.1, 0.15) is 26.3 Å². The molecule has 9 heteroatoms. The van der Waals surface area contributed by atoms with Gasteiger partial charge >= 0.3 is 0 Å². The zero-order valence-electron chi connectivity index (χ0n) is 19.5. The smallest absolute Gasteiger partial charge is 0.264 e. The quantitative estimate of drug-likeness (QED) is 0.520. The maximum absolute atomic E-state index is 13.6. The van der Waals surface area contributed by atoms with E-state index in [0.717, 1.165) is 15.6 Å². The van der Waals surface area contributed by atoms with Crippen molar-refractivity contribution in [3.63, 3.8) is 0 Å². The molecule has 1 N–H and O–H groups in total. The lowest BCUT2D eigenvalue weighted by Crippen LogP contribution is -2.41. The lowest BCUT2D eigenvalue weighted by Gasteiger charge is -2.26. The summed E-state index contributed by atoms with van der Waals surface area (Å²) >= 11 is 1.72. The first kappa shape index (κ1) is 25.9. The van der Waals surface area contributed by atoms with E-state index in [4.69, 9.17) is 9.47 Å². The van der Waals surface area contributed by atoms with Gasteiger partial charge in [-0.2, -0.15) is 11.8 Å². The van der Waals surface area contributed by atoms with E-state index in [2.05, 4.69) is 26.1 Å². The van der Waals surface area contributed by atoms with Crippen molar-refractivity contribution in [3.05, 3.63) is 48.0 Å². The van der Waals surface area contributed by atoms with E-state index in [1.165, 1.54) is 26.4 Å². The van der Waals surface area contributed by atoms with Gasteiger partial charge in [0, 0.05) is 23.1 Å². The number of hydrogen-bond donors (Lipinski definition) is 1. The molecule has 0 bridgehead atoms. The van der Waals surface area contributed by atoms with Gasteiger partial charge in [-0.3, -0.25) is 9.10 Å². The minimum absolute atomic E-state index is 0.0828. The van der Waals surface area contributed by atoms with Gasteiger partial charge < -0.3 is 14.8 Å². The summed E-state index contributed by atoms with van der Waals surface area (Å²) in [6, 6.07) is 11.3. The van der Waals surface area contributed by atoms with Crippen molar-refractivity contribution in [2.75, 3.05) is 37.4 Å². The number of rotatable bonds is 10. The van der Waals surface area contributed by atoms with Crippen LogP contribution in [0.2, 0.25) is 0 Å². The van der Waals surface area contributed by atoms with Crippen LogP contribution in [-0.2, 0) is 14.8 Å². The predicted molar refractivity (Wildman–Crippen MR) is 130 cm³/mol. The molecule has 0 aliphatic rings. The summed E-state index contributed by atoms with van der Waals surface area (Å²) in [6.07, 6.45) is 0. The zero-order chi connectivity index (χ0) is 23.9. The van der Waals surface area contributed by atoms with Crippen molar-refractivity contribution in [1.29, 1.82) is 0 Å². The summed E-state index contributed by atoms with van der Waals surface area (Å²) < 4.78 is 38.9. The molecule has 0 spiro atoms. The summed E-state index contributed by atoms with van der Waals surface area (Å²) in [7, 11) is -1.11. The Labute approximate surface area is 195 Å². The average molecular weight is 481 g/mol. The van der Waals surface area contributed by atoms with Crippen molar-refractivity contribution in [1.82, 2.24) is 5.32 Å². The second kappa shape index (κ2) is 11.0. The van der Waals surface area contributed by atoms with E-state index in [1.54, 1.807) is 42.1 Å². The molecule has 1 amide bonds. The van der Waals surface area contributed by atoms with Gasteiger partial charge in [0.1, 0.15) is 18.0 Å². The van der Waals surface area contributed by atoms with Crippen LogP contribution in [0.5, 0.6) is 11.5 Å². The van der Waals surface area contributed by atoms with E-state index in [-0.39, 0.29) is 21.9 Å². The highest BCUT2D eigenvalue weighted by Crippen LogP contribution is 2.35. The summed E-state index contributed by atoms with van der Waals surface area (Å²) in [5, 5.41) is 2.82. The summed E-state index contributed by atoms with van der Waals surface area (Å²) in [5.74, 6) is 1.09. The van der Waals surface area contributed by atoms with Gasteiger partial charge in [-0.15, -0.1) is 0 Å². The van der Waals surface area contributed by atoms with Crippen molar-refractivity contribution in [2.45, 2.75) is 37.3 Å². The highest BCUT2D eigenvalue weighted by molar-refractivity contribution is 8.00. The number of thioether (sulfide) groups is 1. The molecular formula is C23H32N2O5S2. The zero-order valence-corrected chi connectivity index (χ0v) is 21.1. The maximum atomic E-state index is 13.6. The summed E-state index contributed by atoms with van der Waals surface area (Å²) in [4.78, 5) is 12.8. The monoisotopic (exact) mass is 480 g/mol. The fraction of sp³-hybridized carbons (Fsp3) is 0.435. The van der Waals surface area contributed by atoms with Crippen molar-refractivity contribution in [2.24, 2.45) is 0 Å². The van der Waals surface area contributed by atoms with E-state index in [0.29, 0.717) is 18.0 Å². The van der Waals surface area contributed by atoms with Crippen LogP contribution in [0.4, 0.5) is 5.69 Å². The van der Waals surface area contributed by atoms with Gasteiger partial charge in [0.25, 0.3) is 10.0 Å². The van der Waals surface area contributed by atoms with E-state index < -0.39 is 15.9 Å². The van der Waals surface area contributed by atoms with Crippen LogP contribution in [0.15, 0.2) is 47.4 Å². The molecule has 0 unspecified atom stereocenters. The molecule has 2 aromatic carbocycles. The van der Waals surface area contributed by atoms with Gasteiger partial charge in [0.15, 0.2) is 0 Å². The molecule has 0 radical (unpaired) electrons. The molecular weight excluding hydrogens is 448 g/mol. The Morgan fingerprint density at radius 2 is 1.72 bits per heavy atom. The van der Waals surface area contributed by atoms with Crippen LogP contribution in [0.25, 0.3) is 0 Å². The number of methoxy groups -OCH3 is 2. The van der Waals surface area contributed by atoms with Crippen molar-refractivity contribution in [3.8, 4) is 11.5 Å². The van der Waals surface area contributed by atoms with E-state index in [1.807, 2.05) is 6.92 Å².